The fourth-order valence-electron chi connectivity index (χ4n) is 2.04. The zero-order valence-electron chi connectivity index (χ0n) is 11.5. The smallest absolute Gasteiger partial charge is 0.399 e. The highest BCUT2D eigenvalue weighted by Crippen LogP contribution is 2.21. The first-order chi connectivity index (χ1) is 10.3. The number of oxazole rings is 1. The molecule has 0 amide bonds. The normalized spacial score (nSPS) is 10.5. The summed E-state index contributed by atoms with van der Waals surface area (Å²) in [6.07, 6.45) is 2.61. The Labute approximate surface area is 123 Å². The van der Waals surface area contributed by atoms with E-state index in [2.05, 4.69) is 17.1 Å². The third-order valence-electron chi connectivity index (χ3n) is 3.12. The van der Waals surface area contributed by atoms with Gasteiger partial charge in [0.25, 0.3) is 0 Å². The summed E-state index contributed by atoms with van der Waals surface area (Å²) < 4.78 is 10.7. The summed E-state index contributed by atoms with van der Waals surface area (Å²) in [5.41, 5.74) is 8.65. The maximum atomic E-state index is 5.53. The van der Waals surface area contributed by atoms with E-state index in [0.717, 1.165) is 6.42 Å². The lowest BCUT2D eigenvalue weighted by Crippen LogP contribution is -1.95. The first-order valence-electron chi connectivity index (χ1n) is 6.78. The second-order valence-corrected chi connectivity index (χ2v) is 4.72. The van der Waals surface area contributed by atoms with Crippen LogP contribution in [0, 0.1) is 0 Å². The van der Waals surface area contributed by atoms with Crippen LogP contribution in [0.25, 0.3) is 0 Å². The molecule has 0 saturated carbocycles. The van der Waals surface area contributed by atoms with Gasteiger partial charge in [0.1, 0.15) is 12.0 Å². The van der Waals surface area contributed by atoms with Crippen molar-refractivity contribution >= 4 is 0 Å². The third kappa shape index (κ3) is 3.49. The predicted molar refractivity (Wildman–Crippen MR) is 80.2 cm³/mol. The molecule has 4 nitrogen and oxygen atoms in total. The number of aromatic nitrogens is 1. The van der Waals surface area contributed by atoms with E-state index < -0.39 is 0 Å². The Bertz CT molecular complexity index is 690. The standard InChI is InChI=1S/C17H16N2O2/c18-11-15-12-20-17(19-15)21-16-8-6-14(7-9-16)10-13-4-2-1-3-5-13/h1-9,12H,10-11,18H2. The Kier molecular flexibility index (Phi) is 3.98. The molecule has 0 aliphatic rings. The second kappa shape index (κ2) is 6.24. The van der Waals surface area contributed by atoms with Crippen molar-refractivity contribution in [3.63, 3.8) is 0 Å². The van der Waals surface area contributed by atoms with Gasteiger partial charge in [0, 0.05) is 6.54 Å². The van der Waals surface area contributed by atoms with E-state index >= 15 is 0 Å². The zero-order chi connectivity index (χ0) is 14.5. The number of hydrogen-bond donors (Lipinski definition) is 1. The molecule has 106 valence electrons. The van der Waals surface area contributed by atoms with Crippen LogP contribution >= 0.6 is 0 Å². The second-order valence-electron chi connectivity index (χ2n) is 4.72. The first kappa shape index (κ1) is 13.4. The predicted octanol–water partition coefficient (Wildman–Crippen LogP) is 3.52. The molecule has 3 aromatic rings. The molecule has 0 saturated heterocycles. The van der Waals surface area contributed by atoms with Crippen LogP contribution in [0.2, 0.25) is 0 Å². The SMILES string of the molecule is NCc1coc(Oc2ccc(Cc3ccccc3)cc2)n1. The molecule has 2 aromatic carbocycles. The van der Waals surface area contributed by atoms with Crippen molar-refractivity contribution in [1.82, 2.24) is 4.98 Å². The summed E-state index contributed by atoms with van der Waals surface area (Å²) in [4.78, 5) is 4.10. The van der Waals surface area contributed by atoms with Crippen LogP contribution in [-0.4, -0.2) is 4.98 Å². The summed E-state index contributed by atoms with van der Waals surface area (Å²) in [7, 11) is 0. The fourth-order valence-corrected chi connectivity index (χ4v) is 2.04. The molecular weight excluding hydrogens is 264 g/mol. The number of benzene rings is 2. The zero-order valence-corrected chi connectivity index (χ0v) is 11.5. The van der Waals surface area contributed by atoms with Gasteiger partial charge in [-0.2, -0.15) is 4.98 Å². The number of rotatable bonds is 5. The van der Waals surface area contributed by atoms with Gasteiger partial charge in [-0.25, -0.2) is 0 Å². The van der Waals surface area contributed by atoms with Gasteiger partial charge in [0.2, 0.25) is 0 Å². The van der Waals surface area contributed by atoms with Crippen molar-refractivity contribution in [2.24, 2.45) is 5.73 Å². The molecule has 0 aliphatic heterocycles. The fraction of sp³-hybridized carbons (Fsp3) is 0.118. The molecular formula is C17H16N2O2. The van der Waals surface area contributed by atoms with E-state index in [1.54, 1.807) is 0 Å². The molecule has 1 heterocycles. The topological polar surface area (TPSA) is 61.3 Å². The van der Waals surface area contributed by atoms with Gasteiger partial charge in [0.05, 0.1) is 5.69 Å². The van der Waals surface area contributed by atoms with E-state index in [1.807, 2.05) is 42.5 Å². The minimum atomic E-state index is 0.214. The number of nitrogens with zero attached hydrogens (tertiary/aromatic N) is 1. The monoisotopic (exact) mass is 280 g/mol. The van der Waals surface area contributed by atoms with E-state index in [9.17, 15) is 0 Å². The lowest BCUT2D eigenvalue weighted by molar-refractivity contribution is 0.330. The molecule has 0 radical (unpaired) electrons. The number of ether oxygens (including phenoxy) is 1. The summed E-state index contributed by atoms with van der Waals surface area (Å²) in [6, 6.07) is 18.2. The van der Waals surface area contributed by atoms with Crippen LogP contribution in [0.3, 0.4) is 0 Å². The molecule has 4 heteroatoms. The summed E-state index contributed by atoms with van der Waals surface area (Å²) in [5.74, 6) is 0.692. The molecule has 0 aliphatic carbocycles. The molecule has 0 spiro atoms. The van der Waals surface area contributed by atoms with Gasteiger partial charge < -0.3 is 14.9 Å². The number of nitrogens with two attached hydrogens (primary N) is 1. The van der Waals surface area contributed by atoms with Gasteiger partial charge in [0.15, 0.2) is 0 Å². The van der Waals surface area contributed by atoms with Crippen LogP contribution in [0.4, 0.5) is 0 Å². The summed E-state index contributed by atoms with van der Waals surface area (Å²) in [5, 5.41) is 0. The van der Waals surface area contributed by atoms with Crippen molar-refractivity contribution < 1.29 is 9.15 Å². The van der Waals surface area contributed by atoms with Crippen molar-refractivity contribution in [3.05, 3.63) is 77.7 Å². The minimum Gasteiger partial charge on any atom is -0.417 e. The van der Waals surface area contributed by atoms with Gasteiger partial charge in [-0.05, 0) is 29.7 Å². The average molecular weight is 280 g/mol. The molecule has 0 bridgehead atoms. The minimum absolute atomic E-state index is 0.214. The molecule has 0 atom stereocenters. The Balaban J connectivity index is 1.66. The Morgan fingerprint density at radius 2 is 1.67 bits per heavy atom. The Hall–Kier alpha value is -2.59. The van der Waals surface area contributed by atoms with E-state index in [1.165, 1.54) is 17.4 Å². The molecule has 1 aromatic heterocycles. The van der Waals surface area contributed by atoms with Gasteiger partial charge >= 0.3 is 6.08 Å². The van der Waals surface area contributed by atoms with E-state index in [0.29, 0.717) is 18.0 Å². The summed E-state index contributed by atoms with van der Waals surface area (Å²) in [6.45, 7) is 0.336. The molecule has 0 unspecified atom stereocenters. The largest absolute Gasteiger partial charge is 0.417 e. The van der Waals surface area contributed by atoms with Gasteiger partial charge in [-0.15, -0.1) is 0 Å². The highest BCUT2D eigenvalue weighted by Gasteiger charge is 2.05. The highest BCUT2D eigenvalue weighted by molar-refractivity contribution is 5.32. The van der Waals surface area contributed by atoms with Crippen LogP contribution in [0.15, 0.2) is 65.3 Å². The first-order valence-corrected chi connectivity index (χ1v) is 6.78. The highest BCUT2D eigenvalue weighted by atomic mass is 16.6. The summed E-state index contributed by atoms with van der Waals surface area (Å²) >= 11 is 0. The lowest BCUT2D eigenvalue weighted by Gasteiger charge is -2.04. The lowest BCUT2D eigenvalue weighted by atomic mass is 10.1. The molecule has 3 rings (SSSR count). The van der Waals surface area contributed by atoms with Crippen molar-refractivity contribution in [2.75, 3.05) is 0 Å². The van der Waals surface area contributed by atoms with Gasteiger partial charge in [-0.3, -0.25) is 0 Å². The van der Waals surface area contributed by atoms with Crippen molar-refractivity contribution in [3.8, 4) is 11.8 Å². The molecule has 21 heavy (non-hydrogen) atoms. The van der Waals surface area contributed by atoms with Crippen molar-refractivity contribution in [2.45, 2.75) is 13.0 Å². The molecule has 0 fully saturated rings. The quantitative estimate of drug-likeness (QED) is 0.776. The van der Waals surface area contributed by atoms with E-state index in [-0.39, 0.29) is 6.08 Å². The van der Waals surface area contributed by atoms with E-state index in [4.69, 9.17) is 14.9 Å². The average Bonchev–Trinajstić information content (AvgIpc) is 2.98. The maximum Gasteiger partial charge on any atom is 0.399 e. The Morgan fingerprint density at radius 1 is 0.952 bits per heavy atom. The van der Waals surface area contributed by atoms with Crippen LogP contribution in [0.5, 0.6) is 11.8 Å². The van der Waals surface area contributed by atoms with Gasteiger partial charge in [-0.1, -0.05) is 42.5 Å². The third-order valence-corrected chi connectivity index (χ3v) is 3.12. The van der Waals surface area contributed by atoms with Crippen molar-refractivity contribution in [1.29, 1.82) is 0 Å². The van der Waals surface area contributed by atoms with Crippen LogP contribution in [-0.2, 0) is 13.0 Å². The Morgan fingerprint density at radius 3 is 2.33 bits per heavy atom. The number of hydrogen-bond acceptors (Lipinski definition) is 4. The molecule has 2 N–H and O–H groups in total. The maximum absolute atomic E-state index is 5.53. The van der Waals surface area contributed by atoms with Crippen LogP contribution < -0.4 is 10.5 Å². The van der Waals surface area contributed by atoms with Crippen LogP contribution in [0.1, 0.15) is 16.8 Å².